The zero-order valence-corrected chi connectivity index (χ0v) is 16.0. The van der Waals surface area contributed by atoms with Crippen molar-refractivity contribution in [1.29, 1.82) is 0 Å². The van der Waals surface area contributed by atoms with Gasteiger partial charge in [0.25, 0.3) is 5.91 Å². The number of ether oxygens (including phenoxy) is 1. The summed E-state index contributed by atoms with van der Waals surface area (Å²) in [5.41, 5.74) is 1.18. The molecule has 2 aromatic rings. The number of esters is 1. The Morgan fingerprint density at radius 2 is 1.93 bits per heavy atom. The number of carbonyl (C=O) groups excluding carboxylic acids is 3. The van der Waals surface area contributed by atoms with Crippen molar-refractivity contribution in [3.8, 4) is 0 Å². The minimum atomic E-state index is -1.02. The molecule has 0 unspecified atom stereocenters. The van der Waals surface area contributed by atoms with E-state index >= 15 is 0 Å². The van der Waals surface area contributed by atoms with Gasteiger partial charge in [0.05, 0.1) is 17.9 Å². The van der Waals surface area contributed by atoms with Crippen molar-refractivity contribution in [2.75, 3.05) is 22.5 Å². The first-order valence-electron chi connectivity index (χ1n) is 8.72. The molecule has 1 aliphatic rings. The van der Waals surface area contributed by atoms with Gasteiger partial charge in [0.2, 0.25) is 5.91 Å². The number of para-hydroxylation sites is 1. The minimum absolute atomic E-state index is 0.0289. The molecule has 1 atom stereocenters. The van der Waals surface area contributed by atoms with Crippen LogP contribution in [0.4, 0.5) is 15.8 Å². The molecule has 6 nitrogen and oxygen atoms in total. The summed E-state index contributed by atoms with van der Waals surface area (Å²) in [5, 5.41) is 2.55. The lowest BCUT2D eigenvalue weighted by atomic mass is 10.2. The summed E-state index contributed by atoms with van der Waals surface area (Å²) in [6, 6.07) is 12.8. The van der Waals surface area contributed by atoms with Crippen LogP contribution in [0.1, 0.15) is 13.3 Å². The van der Waals surface area contributed by atoms with Gasteiger partial charge in [-0.3, -0.25) is 14.4 Å². The molecule has 0 bridgehead atoms. The van der Waals surface area contributed by atoms with Gasteiger partial charge in [-0.25, -0.2) is 4.39 Å². The van der Waals surface area contributed by atoms with E-state index in [1.807, 2.05) is 24.3 Å². The van der Waals surface area contributed by atoms with Gasteiger partial charge in [-0.05, 0) is 43.3 Å². The molecule has 2 aromatic carbocycles. The van der Waals surface area contributed by atoms with E-state index in [4.69, 9.17) is 4.74 Å². The highest BCUT2D eigenvalue weighted by Crippen LogP contribution is 2.34. The predicted molar refractivity (Wildman–Crippen MR) is 105 cm³/mol. The van der Waals surface area contributed by atoms with Gasteiger partial charge in [0.1, 0.15) is 5.82 Å². The van der Waals surface area contributed by atoms with Crippen molar-refractivity contribution in [2.45, 2.75) is 24.3 Å². The van der Waals surface area contributed by atoms with Crippen LogP contribution in [0.3, 0.4) is 0 Å². The number of nitrogens with one attached hydrogen (secondary N) is 1. The third-order valence-corrected chi connectivity index (χ3v) is 5.18. The molecule has 2 amide bonds. The van der Waals surface area contributed by atoms with Gasteiger partial charge in [-0.1, -0.05) is 12.1 Å². The number of anilines is 2. The van der Waals surface area contributed by atoms with Crippen molar-refractivity contribution in [1.82, 2.24) is 0 Å². The Morgan fingerprint density at radius 3 is 2.68 bits per heavy atom. The van der Waals surface area contributed by atoms with E-state index in [2.05, 4.69) is 5.32 Å². The second-order valence-corrected chi connectivity index (χ2v) is 7.20. The lowest BCUT2D eigenvalue weighted by molar-refractivity contribution is -0.152. The number of fused-ring (bicyclic) bond motifs is 1. The van der Waals surface area contributed by atoms with Crippen molar-refractivity contribution in [3.05, 3.63) is 54.3 Å². The third-order valence-electron chi connectivity index (χ3n) is 4.14. The van der Waals surface area contributed by atoms with Gasteiger partial charge in [0, 0.05) is 17.1 Å². The monoisotopic (exact) mass is 402 g/mol. The maximum absolute atomic E-state index is 12.9. The van der Waals surface area contributed by atoms with Gasteiger partial charge in [-0.15, -0.1) is 11.8 Å². The van der Waals surface area contributed by atoms with Gasteiger partial charge >= 0.3 is 5.97 Å². The molecule has 0 saturated carbocycles. The molecule has 0 radical (unpaired) electrons. The molecule has 8 heteroatoms. The SMILES string of the molecule is C[C@@H](OC(=O)CCN1C(=O)CSc2ccccc21)C(=O)Nc1ccc(F)cc1. The number of benzene rings is 2. The maximum atomic E-state index is 12.9. The Balaban J connectivity index is 1.52. The minimum Gasteiger partial charge on any atom is -0.452 e. The number of hydrogen-bond donors (Lipinski definition) is 1. The Labute approximate surface area is 166 Å². The Bertz CT molecular complexity index is 888. The molecule has 0 spiro atoms. The molecule has 1 N–H and O–H groups in total. The Morgan fingerprint density at radius 1 is 1.21 bits per heavy atom. The van der Waals surface area contributed by atoms with E-state index in [0.717, 1.165) is 10.6 Å². The molecule has 0 aromatic heterocycles. The molecule has 0 aliphatic carbocycles. The maximum Gasteiger partial charge on any atom is 0.308 e. The summed E-state index contributed by atoms with van der Waals surface area (Å²) in [6.45, 7) is 1.64. The molecular formula is C20H19FN2O4S. The second kappa shape index (κ2) is 8.88. The number of hydrogen-bond acceptors (Lipinski definition) is 5. The lowest BCUT2D eigenvalue weighted by Crippen LogP contribution is -2.38. The zero-order chi connectivity index (χ0) is 20.1. The van der Waals surface area contributed by atoms with Gasteiger partial charge < -0.3 is 15.0 Å². The highest BCUT2D eigenvalue weighted by Gasteiger charge is 2.25. The number of halogens is 1. The van der Waals surface area contributed by atoms with Crippen LogP contribution < -0.4 is 10.2 Å². The number of thioether (sulfide) groups is 1. The summed E-state index contributed by atoms with van der Waals surface area (Å²) in [6.07, 6.45) is -1.05. The molecule has 28 heavy (non-hydrogen) atoms. The lowest BCUT2D eigenvalue weighted by Gasteiger charge is -2.28. The molecular weight excluding hydrogens is 383 g/mol. The van der Waals surface area contributed by atoms with Crippen LogP contribution in [0.2, 0.25) is 0 Å². The number of carbonyl (C=O) groups is 3. The summed E-state index contributed by atoms with van der Waals surface area (Å²) in [4.78, 5) is 39.0. The van der Waals surface area contributed by atoms with E-state index in [0.29, 0.717) is 11.4 Å². The summed E-state index contributed by atoms with van der Waals surface area (Å²) in [7, 11) is 0. The normalized spacial score (nSPS) is 14.2. The van der Waals surface area contributed by atoms with E-state index in [1.54, 1.807) is 4.90 Å². The highest BCUT2D eigenvalue weighted by atomic mass is 32.2. The quantitative estimate of drug-likeness (QED) is 0.751. The number of amides is 2. The fraction of sp³-hybridized carbons (Fsp3) is 0.250. The van der Waals surface area contributed by atoms with Crippen molar-refractivity contribution in [3.63, 3.8) is 0 Å². The van der Waals surface area contributed by atoms with Crippen LogP contribution in [-0.4, -0.2) is 36.2 Å². The summed E-state index contributed by atoms with van der Waals surface area (Å²) < 4.78 is 18.1. The van der Waals surface area contributed by atoms with E-state index in [-0.39, 0.29) is 18.9 Å². The Kier molecular flexibility index (Phi) is 6.30. The molecule has 146 valence electrons. The van der Waals surface area contributed by atoms with Crippen LogP contribution in [-0.2, 0) is 19.1 Å². The van der Waals surface area contributed by atoms with E-state index in [9.17, 15) is 18.8 Å². The largest absolute Gasteiger partial charge is 0.452 e. The smallest absolute Gasteiger partial charge is 0.308 e. The third kappa shape index (κ3) is 4.89. The van der Waals surface area contributed by atoms with Gasteiger partial charge in [-0.2, -0.15) is 0 Å². The van der Waals surface area contributed by atoms with Crippen LogP contribution in [0, 0.1) is 5.82 Å². The van der Waals surface area contributed by atoms with Crippen LogP contribution in [0.5, 0.6) is 0 Å². The summed E-state index contributed by atoms with van der Waals surface area (Å²) >= 11 is 1.47. The fourth-order valence-corrected chi connectivity index (χ4v) is 3.62. The first-order chi connectivity index (χ1) is 13.4. The van der Waals surface area contributed by atoms with Crippen LogP contribution in [0.15, 0.2) is 53.4 Å². The van der Waals surface area contributed by atoms with Crippen LogP contribution in [0.25, 0.3) is 0 Å². The average molecular weight is 402 g/mol. The number of rotatable bonds is 6. The molecule has 0 saturated heterocycles. The zero-order valence-electron chi connectivity index (χ0n) is 15.2. The van der Waals surface area contributed by atoms with E-state index < -0.39 is 23.8 Å². The topological polar surface area (TPSA) is 75.7 Å². The van der Waals surface area contributed by atoms with Crippen molar-refractivity contribution in [2.24, 2.45) is 0 Å². The first-order valence-corrected chi connectivity index (χ1v) is 9.70. The number of nitrogens with zero attached hydrogens (tertiary/aromatic N) is 1. The molecule has 0 fully saturated rings. The van der Waals surface area contributed by atoms with Crippen molar-refractivity contribution < 1.29 is 23.5 Å². The molecule has 1 aliphatic heterocycles. The molecule has 3 rings (SSSR count). The highest BCUT2D eigenvalue weighted by molar-refractivity contribution is 8.00. The first kappa shape index (κ1) is 19.9. The van der Waals surface area contributed by atoms with Crippen LogP contribution >= 0.6 is 11.8 Å². The Hall–Kier alpha value is -2.87. The fourth-order valence-electron chi connectivity index (χ4n) is 2.69. The predicted octanol–water partition coefficient (Wildman–Crippen LogP) is 3.22. The average Bonchev–Trinajstić information content (AvgIpc) is 2.69. The second-order valence-electron chi connectivity index (χ2n) is 6.18. The standard InChI is InChI=1S/C20H19FN2O4S/c1-13(20(26)22-15-8-6-14(21)7-9-15)27-19(25)10-11-23-16-4-2-3-5-17(16)28-12-18(23)24/h2-9,13H,10-12H2,1H3,(H,22,26)/t13-/m1/s1. The van der Waals surface area contributed by atoms with Crippen molar-refractivity contribution >= 4 is 40.9 Å². The van der Waals surface area contributed by atoms with E-state index in [1.165, 1.54) is 43.0 Å². The van der Waals surface area contributed by atoms with Gasteiger partial charge in [0.15, 0.2) is 6.10 Å². The molecule has 1 heterocycles. The summed E-state index contributed by atoms with van der Waals surface area (Å²) in [5.74, 6) is -1.26.